The van der Waals surface area contributed by atoms with Crippen LogP contribution in [0.4, 0.5) is 11.6 Å². The number of esters is 1. The molecule has 0 amide bonds. The van der Waals surface area contributed by atoms with E-state index in [9.17, 15) is 4.79 Å². The summed E-state index contributed by atoms with van der Waals surface area (Å²) in [6.45, 7) is 6.58. The summed E-state index contributed by atoms with van der Waals surface area (Å²) >= 11 is 0. The molecule has 0 spiro atoms. The topological polar surface area (TPSA) is 75.9 Å². The number of aromatic nitrogens is 4. The van der Waals surface area contributed by atoms with E-state index in [1.807, 2.05) is 60.0 Å². The molecular weight excluding hydrogens is 392 g/mol. The van der Waals surface area contributed by atoms with Crippen molar-refractivity contribution in [2.24, 2.45) is 0 Å². The summed E-state index contributed by atoms with van der Waals surface area (Å²) in [5.74, 6) is 1.23. The summed E-state index contributed by atoms with van der Waals surface area (Å²) in [7, 11) is 1.39. The van der Waals surface area contributed by atoms with Crippen LogP contribution in [0.25, 0.3) is 16.6 Å². The van der Waals surface area contributed by atoms with E-state index in [-0.39, 0.29) is 12.0 Å². The maximum atomic E-state index is 11.7. The first-order chi connectivity index (χ1) is 15.0. The number of carbonyl (C=O) groups is 1. The van der Waals surface area contributed by atoms with Gasteiger partial charge in [-0.25, -0.2) is 14.8 Å². The second kappa shape index (κ2) is 7.54. The molecule has 2 aromatic heterocycles. The van der Waals surface area contributed by atoms with Crippen LogP contribution in [0.2, 0.25) is 0 Å². The molecule has 3 heterocycles. The van der Waals surface area contributed by atoms with E-state index in [4.69, 9.17) is 9.72 Å². The molecule has 8 heteroatoms. The van der Waals surface area contributed by atoms with E-state index in [2.05, 4.69) is 26.8 Å². The number of carbonyl (C=O) groups excluding carboxylic acids is 1. The van der Waals surface area contributed by atoms with E-state index >= 15 is 0 Å². The number of hydrogen-bond donors (Lipinski definition) is 0. The summed E-state index contributed by atoms with van der Waals surface area (Å²) in [6, 6.07) is 15.8. The second-order valence-corrected chi connectivity index (χ2v) is 7.85. The number of para-hydroxylation sites is 1. The van der Waals surface area contributed by atoms with E-state index in [0.717, 1.165) is 53.6 Å². The predicted molar refractivity (Wildman–Crippen MR) is 120 cm³/mol. The molecule has 0 bridgehead atoms. The molecule has 5 rings (SSSR count). The van der Waals surface area contributed by atoms with Gasteiger partial charge in [-0.2, -0.15) is 4.52 Å². The molecule has 0 saturated carbocycles. The lowest BCUT2D eigenvalue weighted by Crippen LogP contribution is -2.53. The zero-order valence-electron chi connectivity index (χ0n) is 17.8. The maximum Gasteiger partial charge on any atom is 0.337 e. The van der Waals surface area contributed by atoms with Crippen molar-refractivity contribution in [1.82, 2.24) is 19.6 Å². The van der Waals surface area contributed by atoms with Gasteiger partial charge in [-0.1, -0.05) is 12.1 Å². The molecular formula is C23H24N6O2. The number of piperazine rings is 1. The van der Waals surface area contributed by atoms with E-state index in [1.54, 1.807) is 0 Å². The zero-order chi connectivity index (χ0) is 21.5. The summed E-state index contributed by atoms with van der Waals surface area (Å²) in [4.78, 5) is 25.9. The fourth-order valence-corrected chi connectivity index (χ4v) is 4.25. The molecule has 0 N–H and O–H groups in total. The fraction of sp³-hybridized carbons (Fsp3) is 0.304. The van der Waals surface area contributed by atoms with Gasteiger partial charge >= 0.3 is 5.97 Å². The second-order valence-electron chi connectivity index (χ2n) is 7.85. The van der Waals surface area contributed by atoms with Crippen LogP contribution in [-0.4, -0.2) is 58.3 Å². The molecule has 31 heavy (non-hydrogen) atoms. The Morgan fingerprint density at radius 1 is 1.06 bits per heavy atom. The number of ether oxygens (including phenoxy) is 1. The first kappa shape index (κ1) is 19.3. The Balaban J connectivity index is 1.44. The first-order valence-electron chi connectivity index (χ1n) is 10.4. The molecule has 1 aliphatic heterocycles. The van der Waals surface area contributed by atoms with Crippen LogP contribution in [0.5, 0.6) is 0 Å². The van der Waals surface area contributed by atoms with Crippen LogP contribution in [0.15, 0.2) is 48.5 Å². The minimum atomic E-state index is -0.320. The normalized spacial score (nSPS) is 16.8. The number of nitrogens with zero attached hydrogens (tertiary/aromatic N) is 6. The maximum absolute atomic E-state index is 11.7. The molecule has 8 nitrogen and oxygen atoms in total. The van der Waals surface area contributed by atoms with Crippen LogP contribution in [0.3, 0.4) is 0 Å². The summed E-state index contributed by atoms with van der Waals surface area (Å²) in [6.07, 6.45) is 0. The number of anilines is 2. The molecule has 1 aliphatic rings. The number of hydrogen-bond acceptors (Lipinski definition) is 7. The Kier molecular flexibility index (Phi) is 4.69. The van der Waals surface area contributed by atoms with Gasteiger partial charge in [0.2, 0.25) is 5.95 Å². The molecule has 0 radical (unpaired) electrons. The van der Waals surface area contributed by atoms with Crippen molar-refractivity contribution in [3.63, 3.8) is 0 Å². The van der Waals surface area contributed by atoms with Crippen molar-refractivity contribution in [2.45, 2.75) is 19.9 Å². The molecule has 1 unspecified atom stereocenters. The highest BCUT2D eigenvalue weighted by molar-refractivity contribution is 5.92. The third kappa shape index (κ3) is 3.34. The van der Waals surface area contributed by atoms with Crippen LogP contribution >= 0.6 is 0 Å². The van der Waals surface area contributed by atoms with Gasteiger partial charge in [0.15, 0.2) is 5.65 Å². The third-order valence-corrected chi connectivity index (χ3v) is 5.81. The van der Waals surface area contributed by atoms with Crippen LogP contribution in [0.1, 0.15) is 23.1 Å². The number of benzene rings is 2. The van der Waals surface area contributed by atoms with Crippen molar-refractivity contribution >= 4 is 34.2 Å². The Hall–Kier alpha value is -3.68. The lowest BCUT2D eigenvalue weighted by atomic mass is 10.1. The number of rotatable bonds is 3. The minimum Gasteiger partial charge on any atom is -0.465 e. The van der Waals surface area contributed by atoms with Gasteiger partial charge in [-0.15, -0.1) is 5.10 Å². The lowest BCUT2D eigenvalue weighted by Gasteiger charge is -2.41. The monoisotopic (exact) mass is 416 g/mol. The summed E-state index contributed by atoms with van der Waals surface area (Å²) < 4.78 is 6.66. The van der Waals surface area contributed by atoms with Gasteiger partial charge in [-0.05, 0) is 50.2 Å². The summed E-state index contributed by atoms with van der Waals surface area (Å²) in [5, 5.41) is 5.63. The molecule has 0 aliphatic carbocycles. The van der Waals surface area contributed by atoms with Crippen LogP contribution in [0, 0.1) is 6.92 Å². The van der Waals surface area contributed by atoms with E-state index in [1.165, 1.54) is 7.11 Å². The highest BCUT2D eigenvalue weighted by atomic mass is 16.5. The molecule has 1 saturated heterocycles. The molecule has 2 aromatic carbocycles. The minimum absolute atomic E-state index is 0.218. The van der Waals surface area contributed by atoms with Gasteiger partial charge in [0.1, 0.15) is 5.82 Å². The first-order valence-corrected chi connectivity index (χ1v) is 10.4. The SMILES string of the molecule is COC(=O)c1ccc(N2CCN(c3nc4ccccc4c4nc(C)nn34)C(C)C2)cc1. The number of aryl methyl sites for hydroxylation is 1. The summed E-state index contributed by atoms with van der Waals surface area (Å²) in [5.41, 5.74) is 3.41. The number of methoxy groups -OCH3 is 1. The quantitative estimate of drug-likeness (QED) is 0.475. The highest BCUT2D eigenvalue weighted by Gasteiger charge is 2.28. The van der Waals surface area contributed by atoms with Crippen molar-refractivity contribution in [3.8, 4) is 0 Å². The molecule has 1 fully saturated rings. The van der Waals surface area contributed by atoms with Gasteiger partial charge in [0, 0.05) is 36.7 Å². The Morgan fingerprint density at radius 3 is 2.58 bits per heavy atom. The van der Waals surface area contributed by atoms with Crippen molar-refractivity contribution in [3.05, 3.63) is 59.9 Å². The Morgan fingerprint density at radius 2 is 1.84 bits per heavy atom. The van der Waals surface area contributed by atoms with Crippen LogP contribution in [-0.2, 0) is 4.74 Å². The Labute approximate surface area is 180 Å². The predicted octanol–water partition coefficient (Wildman–Crippen LogP) is 3.09. The van der Waals surface area contributed by atoms with Gasteiger partial charge in [0.05, 0.1) is 18.2 Å². The zero-order valence-corrected chi connectivity index (χ0v) is 17.8. The van der Waals surface area contributed by atoms with E-state index < -0.39 is 0 Å². The standard InChI is InChI=1S/C23H24N6O2/c1-15-14-27(18-10-8-17(9-11-18)22(30)31-3)12-13-28(15)23-25-20-7-5-4-6-19(20)21-24-16(2)26-29(21)23/h4-11,15H,12-14H2,1-3H3. The fourth-order valence-electron chi connectivity index (χ4n) is 4.25. The Bertz CT molecular complexity index is 1270. The lowest BCUT2D eigenvalue weighted by molar-refractivity contribution is 0.0600. The number of fused-ring (bicyclic) bond motifs is 3. The molecule has 158 valence electrons. The van der Waals surface area contributed by atoms with Crippen LogP contribution < -0.4 is 9.80 Å². The smallest absolute Gasteiger partial charge is 0.337 e. The third-order valence-electron chi connectivity index (χ3n) is 5.81. The highest BCUT2D eigenvalue weighted by Crippen LogP contribution is 2.27. The average molecular weight is 416 g/mol. The average Bonchev–Trinajstić information content (AvgIpc) is 3.20. The van der Waals surface area contributed by atoms with E-state index in [0.29, 0.717) is 5.56 Å². The molecule has 1 atom stereocenters. The molecule has 4 aromatic rings. The van der Waals surface area contributed by atoms with Crippen molar-refractivity contribution < 1.29 is 9.53 Å². The van der Waals surface area contributed by atoms with Gasteiger partial charge in [0.25, 0.3) is 0 Å². The van der Waals surface area contributed by atoms with Gasteiger partial charge < -0.3 is 14.5 Å². The largest absolute Gasteiger partial charge is 0.465 e. The van der Waals surface area contributed by atoms with Crippen molar-refractivity contribution in [2.75, 3.05) is 36.5 Å². The van der Waals surface area contributed by atoms with Crippen molar-refractivity contribution in [1.29, 1.82) is 0 Å². The van der Waals surface area contributed by atoms with Gasteiger partial charge in [-0.3, -0.25) is 0 Å².